The van der Waals surface area contributed by atoms with E-state index in [1.807, 2.05) is 58.0 Å². The first kappa shape index (κ1) is 23.4. The van der Waals surface area contributed by atoms with E-state index in [-0.39, 0.29) is 11.2 Å². The van der Waals surface area contributed by atoms with E-state index in [1.54, 1.807) is 16.2 Å². The van der Waals surface area contributed by atoms with Crippen LogP contribution in [0.2, 0.25) is 0 Å². The van der Waals surface area contributed by atoms with Crippen molar-refractivity contribution in [1.82, 2.24) is 18.7 Å². The van der Waals surface area contributed by atoms with E-state index in [0.29, 0.717) is 61.2 Å². The van der Waals surface area contributed by atoms with Gasteiger partial charge in [-0.1, -0.05) is 26.0 Å². The summed E-state index contributed by atoms with van der Waals surface area (Å²) >= 11 is 0. The van der Waals surface area contributed by atoms with Crippen LogP contribution in [0.4, 0.5) is 0 Å². The topological polar surface area (TPSA) is 80.3 Å². The molecule has 0 amide bonds. The minimum atomic E-state index is -0.298. The smallest absolute Gasteiger partial charge is 0.332 e. The number of imidazole rings is 1. The van der Waals surface area contributed by atoms with Gasteiger partial charge in [0.15, 0.2) is 22.7 Å². The highest BCUT2D eigenvalue weighted by atomic mass is 16.5. The lowest BCUT2D eigenvalue weighted by Gasteiger charge is -2.11. The molecule has 3 aromatic rings. The minimum absolute atomic E-state index is 0.298. The van der Waals surface area contributed by atoms with Crippen LogP contribution in [-0.2, 0) is 20.1 Å². The fraction of sp³-hybridized carbons (Fsp3) is 0.458. The maximum atomic E-state index is 13.1. The molecule has 0 N–H and O–H groups in total. The number of benzene rings is 1. The number of ether oxygens (including phenoxy) is 2. The highest BCUT2D eigenvalue weighted by molar-refractivity contribution is 5.77. The van der Waals surface area contributed by atoms with E-state index in [9.17, 15) is 9.59 Å². The van der Waals surface area contributed by atoms with Gasteiger partial charge >= 0.3 is 5.69 Å². The molecule has 0 aliphatic carbocycles. The summed E-state index contributed by atoms with van der Waals surface area (Å²) in [5.41, 5.74) is 1.19. The fourth-order valence-corrected chi connectivity index (χ4v) is 3.72. The average Bonchev–Trinajstić information content (AvgIpc) is 3.11. The number of hydrogen-bond acceptors (Lipinski definition) is 5. The molecule has 0 aliphatic heterocycles. The minimum Gasteiger partial charge on any atom is -0.490 e. The summed E-state index contributed by atoms with van der Waals surface area (Å²) in [6, 6.07) is 5.73. The quantitative estimate of drug-likeness (QED) is 0.480. The summed E-state index contributed by atoms with van der Waals surface area (Å²) < 4.78 is 16.0. The van der Waals surface area contributed by atoms with Gasteiger partial charge in [-0.2, -0.15) is 0 Å². The van der Waals surface area contributed by atoms with Crippen LogP contribution in [0.25, 0.3) is 23.3 Å². The average molecular weight is 441 g/mol. The Bertz CT molecular complexity index is 1230. The Morgan fingerprint density at radius 3 is 2.22 bits per heavy atom. The molecule has 32 heavy (non-hydrogen) atoms. The van der Waals surface area contributed by atoms with Crippen molar-refractivity contribution >= 4 is 23.3 Å². The Morgan fingerprint density at radius 2 is 1.56 bits per heavy atom. The number of rotatable bonds is 10. The van der Waals surface area contributed by atoms with E-state index < -0.39 is 0 Å². The fourth-order valence-electron chi connectivity index (χ4n) is 3.72. The van der Waals surface area contributed by atoms with Crippen molar-refractivity contribution < 1.29 is 9.47 Å². The van der Waals surface area contributed by atoms with Crippen molar-refractivity contribution in [2.45, 2.75) is 53.6 Å². The summed E-state index contributed by atoms with van der Waals surface area (Å²) in [5, 5.41) is 0. The summed E-state index contributed by atoms with van der Waals surface area (Å²) in [6.45, 7) is 9.81. The molecule has 8 heteroatoms. The van der Waals surface area contributed by atoms with E-state index in [2.05, 4.69) is 4.98 Å². The molecule has 0 spiro atoms. The molecular formula is C24H32N4O4. The Kier molecular flexibility index (Phi) is 7.56. The maximum absolute atomic E-state index is 13.1. The van der Waals surface area contributed by atoms with Crippen molar-refractivity contribution in [2.75, 3.05) is 13.2 Å². The monoisotopic (exact) mass is 440 g/mol. The van der Waals surface area contributed by atoms with E-state index >= 15 is 0 Å². The number of aryl methyl sites for hydroxylation is 2. The van der Waals surface area contributed by atoms with Gasteiger partial charge in [0.1, 0.15) is 5.82 Å². The third-order valence-electron chi connectivity index (χ3n) is 5.16. The zero-order chi connectivity index (χ0) is 23.3. The molecule has 0 aliphatic rings. The van der Waals surface area contributed by atoms with Crippen LogP contribution in [0.1, 0.15) is 51.9 Å². The Labute approximate surface area is 187 Å². The predicted octanol–water partition coefficient (Wildman–Crippen LogP) is 3.68. The van der Waals surface area contributed by atoms with Gasteiger partial charge < -0.3 is 14.0 Å². The Hall–Kier alpha value is -3.29. The van der Waals surface area contributed by atoms with E-state index in [4.69, 9.17) is 9.47 Å². The Morgan fingerprint density at radius 1 is 0.906 bits per heavy atom. The first-order valence-corrected chi connectivity index (χ1v) is 11.2. The highest BCUT2D eigenvalue weighted by Crippen LogP contribution is 2.29. The van der Waals surface area contributed by atoms with Crippen LogP contribution in [-0.4, -0.2) is 31.9 Å². The third kappa shape index (κ3) is 4.49. The van der Waals surface area contributed by atoms with Crippen molar-refractivity contribution in [3.8, 4) is 11.5 Å². The van der Waals surface area contributed by atoms with Crippen LogP contribution in [0, 0.1) is 0 Å². The molecule has 172 valence electrons. The normalized spacial score (nSPS) is 11.5. The van der Waals surface area contributed by atoms with Gasteiger partial charge in [-0.25, -0.2) is 9.78 Å². The van der Waals surface area contributed by atoms with Crippen molar-refractivity contribution in [3.05, 3.63) is 50.4 Å². The molecule has 3 rings (SSSR count). The molecule has 2 aromatic heterocycles. The zero-order valence-corrected chi connectivity index (χ0v) is 19.6. The second-order valence-corrected chi connectivity index (χ2v) is 7.50. The standard InChI is InChI=1S/C24H32N4O4/c1-6-14-27-22-21(23(29)28(15-7-2)24(27)30)26(5)20(25-22)13-11-17-10-12-18(31-8-3)19(16-17)32-9-4/h10-13,16H,6-9,14-15H2,1-5H3. The molecule has 0 radical (unpaired) electrons. The maximum Gasteiger partial charge on any atom is 0.332 e. The Balaban J connectivity index is 2.09. The zero-order valence-electron chi connectivity index (χ0n) is 19.6. The number of aromatic nitrogens is 4. The highest BCUT2D eigenvalue weighted by Gasteiger charge is 2.18. The molecule has 0 unspecified atom stereocenters. The summed E-state index contributed by atoms with van der Waals surface area (Å²) in [4.78, 5) is 30.6. The lowest BCUT2D eigenvalue weighted by molar-refractivity contribution is 0.287. The van der Waals surface area contributed by atoms with Crippen LogP contribution in [0.5, 0.6) is 11.5 Å². The molecule has 2 heterocycles. The second kappa shape index (κ2) is 10.3. The lowest BCUT2D eigenvalue weighted by Crippen LogP contribution is -2.40. The number of nitrogens with zero attached hydrogens (tertiary/aromatic N) is 4. The molecule has 0 saturated carbocycles. The molecular weight excluding hydrogens is 408 g/mol. The molecule has 0 saturated heterocycles. The first-order chi connectivity index (χ1) is 15.5. The van der Waals surface area contributed by atoms with Crippen LogP contribution >= 0.6 is 0 Å². The van der Waals surface area contributed by atoms with E-state index in [1.165, 1.54) is 4.57 Å². The van der Waals surface area contributed by atoms with Crippen LogP contribution in [0.3, 0.4) is 0 Å². The van der Waals surface area contributed by atoms with Crippen molar-refractivity contribution in [3.63, 3.8) is 0 Å². The van der Waals surface area contributed by atoms with Crippen LogP contribution < -0.4 is 20.7 Å². The largest absolute Gasteiger partial charge is 0.490 e. The van der Waals surface area contributed by atoms with Gasteiger partial charge in [-0.15, -0.1) is 0 Å². The summed E-state index contributed by atoms with van der Waals surface area (Å²) in [7, 11) is 1.80. The lowest BCUT2D eigenvalue weighted by atomic mass is 10.2. The number of fused-ring (bicyclic) bond motifs is 1. The van der Waals surface area contributed by atoms with Gasteiger partial charge in [0.05, 0.1) is 13.2 Å². The van der Waals surface area contributed by atoms with E-state index in [0.717, 1.165) is 12.0 Å². The molecule has 0 bridgehead atoms. The molecule has 1 aromatic carbocycles. The predicted molar refractivity (Wildman–Crippen MR) is 128 cm³/mol. The second-order valence-electron chi connectivity index (χ2n) is 7.50. The van der Waals surface area contributed by atoms with Gasteiger partial charge in [-0.05, 0) is 50.5 Å². The molecule has 0 atom stereocenters. The number of hydrogen-bond donors (Lipinski definition) is 0. The van der Waals surface area contributed by atoms with Gasteiger partial charge in [-0.3, -0.25) is 13.9 Å². The van der Waals surface area contributed by atoms with Gasteiger partial charge in [0, 0.05) is 20.1 Å². The van der Waals surface area contributed by atoms with Gasteiger partial charge in [0.2, 0.25) is 0 Å². The summed E-state index contributed by atoms with van der Waals surface area (Å²) in [5.74, 6) is 1.98. The molecule has 8 nitrogen and oxygen atoms in total. The SMILES string of the molecule is CCCn1c(=O)c2c(nc(C=Cc3ccc(OCC)c(OCC)c3)n2C)n(CCC)c1=O. The first-order valence-electron chi connectivity index (χ1n) is 11.2. The van der Waals surface area contributed by atoms with Crippen LogP contribution in [0.15, 0.2) is 27.8 Å². The molecule has 0 fully saturated rings. The van der Waals surface area contributed by atoms with Crippen molar-refractivity contribution in [1.29, 1.82) is 0 Å². The summed E-state index contributed by atoms with van der Waals surface area (Å²) in [6.07, 6.45) is 5.23. The van der Waals surface area contributed by atoms with Crippen molar-refractivity contribution in [2.24, 2.45) is 7.05 Å². The van der Waals surface area contributed by atoms with Gasteiger partial charge in [0.25, 0.3) is 5.56 Å². The third-order valence-corrected chi connectivity index (χ3v) is 5.16.